The number of piperidine rings is 1. The summed E-state index contributed by atoms with van der Waals surface area (Å²) in [6, 6.07) is 7.71. The summed E-state index contributed by atoms with van der Waals surface area (Å²) in [6.07, 6.45) is 2.67. The number of carbonyl (C=O) groups excluding carboxylic acids is 2. The molecule has 0 spiro atoms. The van der Waals surface area contributed by atoms with Gasteiger partial charge in [-0.25, -0.2) is 4.79 Å². The number of amides is 1. The quantitative estimate of drug-likeness (QED) is 0.560. The summed E-state index contributed by atoms with van der Waals surface area (Å²) < 4.78 is 5.21. The Morgan fingerprint density at radius 3 is 2.71 bits per heavy atom. The molecule has 7 nitrogen and oxygen atoms in total. The van der Waals surface area contributed by atoms with E-state index < -0.39 is 30.1 Å². The van der Waals surface area contributed by atoms with Gasteiger partial charge in [0.1, 0.15) is 12.1 Å². The first-order chi connectivity index (χ1) is 14.9. The second-order valence-corrected chi connectivity index (χ2v) is 9.60. The smallest absolute Gasteiger partial charge is 0.326 e. The summed E-state index contributed by atoms with van der Waals surface area (Å²) in [5, 5.41) is 13.1. The molecule has 1 aromatic carbocycles. The zero-order valence-corrected chi connectivity index (χ0v) is 19.0. The van der Waals surface area contributed by atoms with Crippen molar-refractivity contribution in [3.63, 3.8) is 0 Å². The van der Waals surface area contributed by atoms with Gasteiger partial charge in [-0.05, 0) is 56.8 Å². The minimum absolute atomic E-state index is 0.262. The van der Waals surface area contributed by atoms with Crippen LogP contribution in [0.3, 0.4) is 0 Å². The highest BCUT2D eigenvalue weighted by molar-refractivity contribution is 8.00. The van der Waals surface area contributed by atoms with Crippen LogP contribution in [0.5, 0.6) is 0 Å². The van der Waals surface area contributed by atoms with Gasteiger partial charge in [0, 0.05) is 11.8 Å². The number of carboxylic acids is 1. The maximum absolute atomic E-state index is 13.2. The molecular formula is C23H32N2O5S. The van der Waals surface area contributed by atoms with Gasteiger partial charge in [-0.1, -0.05) is 30.3 Å². The average molecular weight is 449 g/mol. The zero-order chi connectivity index (χ0) is 22.4. The van der Waals surface area contributed by atoms with Crippen LogP contribution in [-0.2, 0) is 25.5 Å². The fourth-order valence-electron chi connectivity index (χ4n) is 4.47. The van der Waals surface area contributed by atoms with E-state index in [2.05, 4.69) is 5.32 Å². The van der Waals surface area contributed by atoms with Crippen molar-refractivity contribution < 1.29 is 24.2 Å². The molecule has 1 amide bonds. The van der Waals surface area contributed by atoms with E-state index in [9.17, 15) is 19.5 Å². The summed E-state index contributed by atoms with van der Waals surface area (Å²) in [5.41, 5.74) is 1.10. The number of rotatable bonds is 9. The SMILES string of the molecule is CCOC(=O)[C@H](CCc1ccccc1)NC(C)C(=O)N1CC2SCCC2C[C@H]1C(=O)O. The number of carboxylic acid groups (broad SMARTS) is 1. The third-order valence-corrected chi connectivity index (χ3v) is 7.58. The van der Waals surface area contributed by atoms with Gasteiger partial charge >= 0.3 is 11.9 Å². The number of likely N-dealkylation sites (tertiary alicyclic amines) is 1. The van der Waals surface area contributed by atoms with Crippen molar-refractivity contribution in [1.29, 1.82) is 0 Å². The summed E-state index contributed by atoms with van der Waals surface area (Å²) >= 11 is 1.82. The Morgan fingerprint density at radius 1 is 1.29 bits per heavy atom. The van der Waals surface area contributed by atoms with Gasteiger partial charge in [0.25, 0.3) is 0 Å². The fraction of sp³-hybridized carbons (Fsp3) is 0.609. The van der Waals surface area contributed by atoms with Crippen LogP contribution < -0.4 is 5.32 Å². The van der Waals surface area contributed by atoms with Gasteiger partial charge in [-0.3, -0.25) is 14.9 Å². The van der Waals surface area contributed by atoms with Crippen molar-refractivity contribution >= 4 is 29.6 Å². The van der Waals surface area contributed by atoms with Crippen LogP contribution in [0.4, 0.5) is 0 Å². The summed E-state index contributed by atoms with van der Waals surface area (Å²) in [5.74, 6) is -0.245. The number of thioether (sulfide) groups is 1. The van der Waals surface area contributed by atoms with Gasteiger partial charge in [-0.2, -0.15) is 11.8 Å². The third kappa shape index (κ3) is 6.01. The highest BCUT2D eigenvalue weighted by Crippen LogP contribution is 2.40. The second kappa shape index (κ2) is 11.0. The number of hydrogen-bond donors (Lipinski definition) is 2. The third-order valence-electron chi connectivity index (χ3n) is 6.15. The molecule has 0 bridgehead atoms. The maximum Gasteiger partial charge on any atom is 0.326 e. The number of ether oxygens (including phenoxy) is 1. The number of aryl methyl sites for hydroxylation is 1. The zero-order valence-electron chi connectivity index (χ0n) is 18.2. The summed E-state index contributed by atoms with van der Waals surface area (Å²) in [6.45, 7) is 4.16. The average Bonchev–Trinajstić information content (AvgIpc) is 3.23. The van der Waals surface area contributed by atoms with E-state index in [-0.39, 0.29) is 12.5 Å². The van der Waals surface area contributed by atoms with E-state index in [1.165, 1.54) is 4.90 Å². The predicted molar refractivity (Wildman–Crippen MR) is 120 cm³/mol. The van der Waals surface area contributed by atoms with E-state index >= 15 is 0 Å². The first kappa shape index (κ1) is 23.6. The second-order valence-electron chi connectivity index (χ2n) is 8.26. The van der Waals surface area contributed by atoms with Crippen molar-refractivity contribution in [2.75, 3.05) is 18.9 Å². The number of fused-ring (bicyclic) bond motifs is 1. The maximum atomic E-state index is 13.2. The van der Waals surface area contributed by atoms with E-state index in [4.69, 9.17) is 4.74 Å². The van der Waals surface area contributed by atoms with E-state index in [1.807, 2.05) is 42.1 Å². The molecule has 5 atom stereocenters. The number of hydrogen-bond acceptors (Lipinski definition) is 6. The molecule has 2 aliphatic rings. The lowest BCUT2D eigenvalue weighted by atomic mass is 9.88. The Labute approximate surface area is 187 Å². The van der Waals surface area contributed by atoms with Crippen LogP contribution in [0, 0.1) is 5.92 Å². The Bertz CT molecular complexity index is 774. The van der Waals surface area contributed by atoms with Crippen LogP contribution in [0.15, 0.2) is 30.3 Å². The van der Waals surface area contributed by atoms with Crippen LogP contribution in [0.2, 0.25) is 0 Å². The molecule has 2 fully saturated rings. The van der Waals surface area contributed by atoms with E-state index in [0.717, 1.165) is 17.7 Å². The number of esters is 1. The molecule has 3 rings (SSSR count). The van der Waals surface area contributed by atoms with E-state index in [1.54, 1.807) is 13.8 Å². The van der Waals surface area contributed by atoms with Crippen molar-refractivity contribution in [1.82, 2.24) is 10.2 Å². The van der Waals surface area contributed by atoms with Crippen molar-refractivity contribution in [3.8, 4) is 0 Å². The molecule has 3 unspecified atom stereocenters. The normalized spacial score (nSPS) is 24.8. The molecule has 31 heavy (non-hydrogen) atoms. The molecular weight excluding hydrogens is 416 g/mol. The standard InChI is InChI=1S/C23H32N2O5S/c1-3-30-23(29)18(10-9-16-7-5-4-6-8-16)24-15(2)21(26)25-14-20-17(11-12-31-20)13-19(25)22(27)28/h4-8,15,17-20,24H,3,9-14H2,1-2H3,(H,27,28)/t15?,17?,18-,19-,20?/m0/s1. The highest BCUT2D eigenvalue weighted by Gasteiger charge is 2.44. The number of nitrogens with one attached hydrogen (secondary N) is 1. The molecule has 0 radical (unpaired) electrons. The number of carbonyl (C=O) groups is 3. The number of benzene rings is 1. The minimum atomic E-state index is -0.957. The molecule has 2 heterocycles. The molecule has 0 aliphatic carbocycles. The van der Waals surface area contributed by atoms with Crippen LogP contribution in [-0.4, -0.2) is 70.1 Å². The molecule has 8 heteroatoms. The molecule has 2 saturated heterocycles. The van der Waals surface area contributed by atoms with E-state index in [0.29, 0.717) is 37.0 Å². The fourth-order valence-corrected chi connectivity index (χ4v) is 5.99. The Hall–Kier alpha value is -2.06. The molecule has 0 saturated carbocycles. The summed E-state index contributed by atoms with van der Waals surface area (Å²) in [7, 11) is 0. The summed E-state index contributed by atoms with van der Waals surface area (Å²) in [4.78, 5) is 39.1. The monoisotopic (exact) mass is 448 g/mol. The topological polar surface area (TPSA) is 95.9 Å². The first-order valence-corrected chi connectivity index (χ1v) is 12.1. The Morgan fingerprint density at radius 2 is 2.03 bits per heavy atom. The van der Waals surface area contributed by atoms with Gasteiger partial charge in [-0.15, -0.1) is 0 Å². The minimum Gasteiger partial charge on any atom is -0.480 e. The van der Waals surface area contributed by atoms with Gasteiger partial charge < -0.3 is 14.7 Å². The number of aliphatic carboxylic acids is 1. The molecule has 2 aliphatic heterocycles. The number of nitrogens with zero attached hydrogens (tertiary/aromatic N) is 1. The van der Waals surface area contributed by atoms with Crippen LogP contribution in [0.25, 0.3) is 0 Å². The van der Waals surface area contributed by atoms with Crippen molar-refractivity contribution in [2.24, 2.45) is 5.92 Å². The molecule has 0 aromatic heterocycles. The Kier molecular flexibility index (Phi) is 8.37. The van der Waals surface area contributed by atoms with Crippen molar-refractivity contribution in [3.05, 3.63) is 35.9 Å². The molecule has 170 valence electrons. The lowest BCUT2D eigenvalue weighted by Gasteiger charge is -2.40. The lowest BCUT2D eigenvalue weighted by molar-refractivity contribution is -0.154. The highest BCUT2D eigenvalue weighted by atomic mass is 32.2. The molecule has 2 N–H and O–H groups in total. The van der Waals surface area contributed by atoms with Crippen LogP contribution in [0.1, 0.15) is 38.7 Å². The first-order valence-electron chi connectivity index (χ1n) is 11.0. The van der Waals surface area contributed by atoms with Crippen LogP contribution >= 0.6 is 11.8 Å². The Balaban J connectivity index is 1.67. The predicted octanol–water partition coefficient (Wildman–Crippen LogP) is 2.34. The lowest BCUT2D eigenvalue weighted by Crippen LogP contribution is -2.59. The largest absolute Gasteiger partial charge is 0.480 e. The van der Waals surface area contributed by atoms with Crippen molar-refractivity contribution in [2.45, 2.75) is 62.9 Å². The van der Waals surface area contributed by atoms with Gasteiger partial charge in [0.15, 0.2) is 0 Å². The molecule has 1 aromatic rings. The van der Waals surface area contributed by atoms with Gasteiger partial charge in [0.2, 0.25) is 5.91 Å². The van der Waals surface area contributed by atoms with Gasteiger partial charge in [0.05, 0.1) is 12.6 Å².